The van der Waals surface area contributed by atoms with Gasteiger partial charge in [-0.3, -0.25) is 10.00 Å². The Morgan fingerprint density at radius 3 is 2.72 bits per heavy atom. The van der Waals surface area contributed by atoms with E-state index in [1.54, 1.807) is 26.4 Å². The summed E-state index contributed by atoms with van der Waals surface area (Å²) >= 11 is 0. The monoisotopic (exact) mass is 345 g/mol. The molecule has 1 aliphatic rings. The number of benzene rings is 1. The number of urea groups is 1. The van der Waals surface area contributed by atoms with Crippen LogP contribution in [0.15, 0.2) is 42.6 Å². The highest BCUT2D eigenvalue weighted by Gasteiger charge is 2.22. The van der Waals surface area contributed by atoms with Crippen LogP contribution in [0.4, 0.5) is 10.6 Å². The van der Waals surface area contributed by atoms with Crippen molar-refractivity contribution in [3.05, 3.63) is 48.2 Å². The average molecular weight is 345 g/mol. The standard InChI is InChI=1S/C13H19NO.C5H8N4O/c1-15-10-9-14-8-7-13(11-14)12-5-3-2-4-6-12;1-9-4(2-3-7-9)8-5(6)10/h2-6,13H,7-11H2,1H3;2-3H,1H3,(H3,6,8,10)/t13-;/m0./s1. The van der Waals surface area contributed by atoms with Crippen LogP contribution >= 0.6 is 0 Å². The van der Waals surface area contributed by atoms with E-state index in [2.05, 4.69) is 45.6 Å². The lowest BCUT2D eigenvalue weighted by molar-refractivity contribution is 0.160. The number of aryl methyl sites for hydroxylation is 1. The Morgan fingerprint density at radius 2 is 2.12 bits per heavy atom. The maximum atomic E-state index is 10.3. The SMILES string of the molecule is COCCN1CC[C@H](c2ccccc2)C1.Cn1nccc1NC(N)=O. The first-order chi connectivity index (χ1) is 12.1. The first-order valence-corrected chi connectivity index (χ1v) is 8.41. The van der Waals surface area contributed by atoms with Crippen molar-refractivity contribution in [1.82, 2.24) is 14.7 Å². The van der Waals surface area contributed by atoms with Gasteiger partial charge in [-0.05, 0) is 24.4 Å². The van der Waals surface area contributed by atoms with Gasteiger partial charge in [-0.15, -0.1) is 0 Å². The molecule has 1 fully saturated rings. The summed E-state index contributed by atoms with van der Waals surface area (Å²) in [6.07, 6.45) is 2.86. The van der Waals surface area contributed by atoms with Crippen molar-refractivity contribution in [2.45, 2.75) is 12.3 Å². The number of carbonyl (C=O) groups excluding carboxylic acids is 1. The zero-order valence-corrected chi connectivity index (χ0v) is 14.9. The van der Waals surface area contributed by atoms with Gasteiger partial charge in [0.25, 0.3) is 0 Å². The van der Waals surface area contributed by atoms with Gasteiger partial charge in [-0.2, -0.15) is 5.10 Å². The molecule has 3 rings (SSSR count). The third-order valence-electron chi connectivity index (χ3n) is 4.23. The third-order valence-corrected chi connectivity index (χ3v) is 4.23. The molecule has 1 aliphatic heterocycles. The number of aromatic nitrogens is 2. The molecule has 2 amide bonds. The fourth-order valence-electron chi connectivity index (χ4n) is 2.88. The van der Waals surface area contributed by atoms with Crippen molar-refractivity contribution in [2.75, 3.05) is 38.7 Å². The van der Waals surface area contributed by atoms with Crippen molar-refractivity contribution in [1.29, 1.82) is 0 Å². The number of ether oxygens (including phenoxy) is 1. The maximum Gasteiger partial charge on any atom is 0.317 e. The highest BCUT2D eigenvalue weighted by Crippen LogP contribution is 2.26. The van der Waals surface area contributed by atoms with Crippen LogP contribution in [0.1, 0.15) is 17.9 Å². The molecule has 1 aromatic carbocycles. The van der Waals surface area contributed by atoms with Gasteiger partial charge in [-0.25, -0.2) is 4.79 Å². The molecule has 0 spiro atoms. The minimum atomic E-state index is -0.580. The van der Waals surface area contributed by atoms with E-state index in [0.29, 0.717) is 5.82 Å². The number of nitrogens with zero attached hydrogens (tertiary/aromatic N) is 3. The van der Waals surface area contributed by atoms with Crippen LogP contribution in [0.25, 0.3) is 0 Å². The summed E-state index contributed by atoms with van der Waals surface area (Å²) < 4.78 is 6.62. The van der Waals surface area contributed by atoms with Gasteiger partial charge in [0.05, 0.1) is 12.8 Å². The molecular formula is C18H27N5O2. The van der Waals surface area contributed by atoms with Crippen LogP contribution < -0.4 is 11.1 Å². The van der Waals surface area contributed by atoms with Gasteiger partial charge >= 0.3 is 6.03 Å². The van der Waals surface area contributed by atoms with Crippen LogP contribution in [-0.4, -0.2) is 54.1 Å². The summed E-state index contributed by atoms with van der Waals surface area (Å²) in [6.45, 7) is 4.32. The van der Waals surface area contributed by atoms with Gasteiger partial charge in [0.1, 0.15) is 5.82 Å². The van der Waals surface area contributed by atoms with E-state index in [9.17, 15) is 4.79 Å². The van der Waals surface area contributed by atoms with Crippen LogP contribution in [-0.2, 0) is 11.8 Å². The number of rotatable bonds is 5. The molecule has 1 saturated heterocycles. The summed E-state index contributed by atoms with van der Waals surface area (Å²) in [6, 6.07) is 11.9. The second kappa shape index (κ2) is 9.80. The number of nitrogens with two attached hydrogens (primary N) is 1. The fourth-order valence-corrected chi connectivity index (χ4v) is 2.88. The van der Waals surface area contributed by atoms with E-state index in [1.165, 1.54) is 29.8 Å². The summed E-state index contributed by atoms with van der Waals surface area (Å²) in [5.41, 5.74) is 6.35. The molecule has 0 radical (unpaired) electrons. The van der Waals surface area contributed by atoms with E-state index in [-0.39, 0.29) is 0 Å². The molecule has 2 heterocycles. The second-order valence-corrected chi connectivity index (χ2v) is 6.02. The number of carbonyl (C=O) groups is 1. The Bertz CT molecular complexity index is 644. The molecule has 0 aliphatic carbocycles. The molecule has 0 unspecified atom stereocenters. The van der Waals surface area contributed by atoms with Crippen LogP contribution in [0.2, 0.25) is 0 Å². The summed E-state index contributed by atoms with van der Waals surface area (Å²) in [4.78, 5) is 12.8. The Hall–Kier alpha value is -2.38. The van der Waals surface area contributed by atoms with Crippen molar-refractivity contribution in [3.63, 3.8) is 0 Å². The Morgan fingerprint density at radius 1 is 1.36 bits per heavy atom. The number of anilines is 1. The number of hydrogen-bond donors (Lipinski definition) is 2. The molecule has 2 aromatic rings. The fraction of sp³-hybridized carbons (Fsp3) is 0.444. The van der Waals surface area contributed by atoms with Gasteiger partial charge in [0, 0.05) is 33.3 Å². The molecule has 0 bridgehead atoms. The third kappa shape index (κ3) is 6.21. The minimum absolute atomic E-state index is 0.580. The molecule has 1 aromatic heterocycles. The largest absolute Gasteiger partial charge is 0.383 e. The summed E-state index contributed by atoms with van der Waals surface area (Å²) in [5.74, 6) is 1.32. The molecule has 3 N–H and O–H groups in total. The van der Waals surface area contributed by atoms with E-state index in [0.717, 1.165) is 19.1 Å². The zero-order valence-electron chi connectivity index (χ0n) is 14.9. The Labute approximate surface area is 148 Å². The number of amides is 2. The maximum absolute atomic E-state index is 10.3. The van der Waals surface area contributed by atoms with E-state index in [4.69, 9.17) is 10.5 Å². The van der Waals surface area contributed by atoms with Crippen molar-refractivity contribution >= 4 is 11.8 Å². The van der Waals surface area contributed by atoms with Crippen LogP contribution in [0.3, 0.4) is 0 Å². The summed E-state index contributed by atoms with van der Waals surface area (Å²) in [5, 5.41) is 6.21. The number of likely N-dealkylation sites (tertiary alicyclic amines) is 1. The molecule has 136 valence electrons. The van der Waals surface area contributed by atoms with Gasteiger partial charge in [-0.1, -0.05) is 30.3 Å². The molecule has 1 atom stereocenters. The number of hydrogen-bond acceptors (Lipinski definition) is 4. The van der Waals surface area contributed by atoms with Crippen LogP contribution in [0.5, 0.6) is 0 Å². The van der Waals surface area contributed by atoms with Crippen LogP contribution in [0, 0.1) is 0 Å². The van der Waals surface area contributed by atoms with E-state index < -0.39 is 6.03 Å². The van der Waals surface area contributed by atoms with E-state index in [1.807, 2.05) is 0 Å². The lowest BCUT2D eigenvalue weighted by Crippen LogP contribution is -2.24. The quantitative estimate of drug-likeness (QED) is 0.868. The molecule has 0 saturated carbocycles. The topological polar surface area (TPSA) is 85.4 Å². The molecular weight excluding hydrogens is 318 g/mol. The first kappa shape index (κ1) is 19.0. The first-order valence-electron chi connectivity index (χ1n) is 8.41. The summed E-state index contributed by atoms with van der Waals surface area (Å²) in [7, 11) is 3.48. The lowest BCUT2D eigenvalue weighted by atomic mass is 9.99. The minimum Gasteiger partial charge on any atom is -0.383 e. The number of primary amides is 1. The number of methoxy groups -OCH3 is 1. The van der Waals surface area contributed by atoms with Crippen molar-refractivity contribution in [3.8, 4) is 0 Å². The van der Waals surface area contributed by atoms with Gasteiger partial charge in [0.15, 0.2) is 0 Å². The van der Waals surface area contributed by atoms with Gasteiger partial charge < -0.3 is 15.4 Å². The predicted octanol–water partition coefficient (Wildman–Crippen LogP) is 2.03. The highest BCUT2D eigenvalue weighted by atomic mass is 16.5. The average Bonchev–Trinajstić information content (AvgIpc) is 3.24. The Balaban J connectivity index is 0.000000196. The van der Waals surface area contributed by atoms with Crippen molar-refractivity contribution in [2.24, 2.45) is 12.8 Å². The van der Waals surface area contributed by atoms with Gasteiger partial charge in [0.2, 0.25) is 0 Å². The smallest absolute Gasteiger partial charge is 0.317 e. The normalized spacial score (nSPS) is 17.0. The molecule has 7 heteroatoms. The highest BCUT2D eigenvalue weighted by molar-refractivity contribution is 5.86. The second-order valence-electron chi connectivity index (χ2n) is 6.02. The van der Waals surface area contributed by atoms with E-state index >= 15 is 0 Å². The number of nitrogens with one attached hydrogen (secondary N) is 1. The Kier molecular flexibility index (Phi) is 7.43. The lowest BCUT2D eigenvalue weighted by Gasteiger charge is -2.15. The molecule has 7 nitrogen and oxygen atoms in total. The molecule has 25 heavy (non-hydrogen) atoms. The zero-order chi connectivity index (χ0) is 18.1. The predicted molar refractivity (Wildman–Crippen MR) is 98.5 cm³/mol. The van der Waals surface area contributed by atoms with Crippen molar-refractivity contribution < 1.29 is 9.53 Å².